The van der Waals surface area contributed by atoms with Gasteiger partial charge in [-0.2, -0.15) is 0 Å². The van der Waals surface area contributed by atoms with E-state index in [1.165, 1.54) is 6.07 Å². The highest BCUT2D eigenvalue weighted by atomic mass is 79.9. The van der Waals surface area contributed by atoms with Crippen LogP contribution in [0.25, 0.3) is 0 Å². The summed E-state index contributed by atoms with van der Waals surface area (Å²) in [4.78, 5) is 0. The third-order valence-electron chi connectivity index (χ3n) is 3.17. The lowest BCUT2D eigenvalue weighted by molar-refractivity contribution is 0.145. The van der Waals surface area contributed by atoms with Gasteiger partial charge in [0.1, 0.15) is 5.82 Å². The molecule has 0 fully saturated rings. The van der Waals surface area contributed by atoms with E-state index in [0.29, 0.717) is 16.1 Å². The predicted octanol–water partition coefficient (Wildman–Crippen LogP) is 4.02. The lowest BCUT2D eigenvalue weighted by atomic mass is 9.89. The van der Waals surface area contributed by atoms with Gasteiger partial charge in [-0.15, -0.1) is 0 Å². The summed E-state index contributed by atoms with van der Waals surface area (Å²) in [7, 11) is 0. The van der Waals surface area contributed by atoms with Crippen LogP contribution in [0.3, 0.4) is 0 Å². The third-order valence-corrected chi connectivity index (χ3v) is 3.84. The zero-order chi connectivity index (χ0) is 14.7. The Bertz CT molecular complexity index is 588. The zero-order valence-corrected chi connectivity index (χ0v) is 12.9. The first-order valence-electron chi connectivity index (χ1n) is 6.11. The van der Waals surface area contributed by atoms with Crippen LogP contribution in [0, 0.1) is 5.82 Å². The summed E-state index contributed by atoms with van der Waals surface area (Å²) in [6.07, 6.45) is -0.924. The molecule has 0 radical (unpaired) electrons. The molecule has 2 atom stereocenters. The fraction of sp³-hybridized carbons (Fsp3) is 0.200. The van der Waals surface area contributed by atoms with Gasteiger partial charge in [0.05, 0.1) is 6.10 Å². The largest absolute Gasteiger partial charge is 0.388 e. The zero-order valence-electron chi connectivity index (χ0n) is 10.6. The summed E-state index contributed by atoms with van der Waals surface area (Å²) < 4.78 is 14.6. The second-order valence-corrected chi connectivity index (χ2v) is 5.86. The molecule has 2 rings (SSSR count). The molecule has 0 saturated heterocycles. The monoisotopic (exact) mass is 357 g/mol. The van der Waals surface area contributed by atoms with E-state index in [1.807, 2.05) is 0 Å². The normalized spacial score (nSPS) is 14.1. The average Bonchev–Trinajstić information content (AvgIpc) is 2.40. The molecule has 2 aromatic carbocycles. The summed E-state index contributed by atoms with van der Waals surface area (Å²) in [5.74, 6) is -0.898. The van der Waals surface area contributed by atoms with Crippen molar-refractivity contribution >= 4 is 27.5 Å². The van der Waals surface area contributed by atoms with Crippen LogP contribution >= 0.6 is 27.5 Å². The highest BCUT2D eigenvalue weighted by Crippen LogP contribution is 2.34. The van der Waals surface area contributed by atoms with E-state index in [1.54, 1.807) is 36.4 Å². The lowest BCUT2D eigenvalue weighted by Gasteiger charge is -2.23. The Morgan fingerprint density at radius 3 is 2.55 bits per heavy atom. The quantitative estimate of drug-likeness (QED) is 0.867. The van der Waals surface area contributed by atoms with Crippen LogP contribution in [0.15, 0.2) is 46.9 Å². The Hall–Kier alpha value is -0.940. The van der Waals surface area contributed by atoms with E-state index < -0.39 is 12.0 Å². The first kappa shape index (κ1) is 15.4. The number of benzene rings is 2. The molecule has 3 N–H and O–H groups in total. The molecule has 2 nitrogen and oxygen atoms in total. The molecule has 106 valence electrons. The fourth-order valence-electron chi connectivity index (χ4n) is 2.18. The van der Waals surface area contributed by atoms with Gasteiger partial charge in [0, 0.05) is 22.0 Å². The molecule has 0 aliphatic rings. The maximum atomic E-state index is 13.9. The van der Waals surface area contributed by atoms with Gasteiger partial charge < -0.3 is 10.8 Å². The Morgan fingerprint density at radius 1 is 1.25 bits per heavy atom. The average molecular weight is 359 g/mol. The number of aliphatic hydroxyl groups is 1. The molecule has 0 aliphatic carbocycles. The van der Waals surface area contributed by atoms with Crippen molar-refractivity contribution in [1.29, 1.82) is 0 Å². The highest BCUT2D eigenvalue weighted by Gasteiger charge is 2.24. The van der Waals surface area contributed by atoms with E-state index in [4.69, 9.17) is 17.3 Å². The predicted molar refractivity (Wildman–Crippen MR) is 82.3 cm³/mol. The topological polar surface area (TPSA) is 46.2 Å². The number of halogens is 3. The molecule has 0 aromatic heterocycles. The van der Waals surface area contributed by atoms with Crippen molar-refractivity contribution in [2.45, 2.75) is 12.0 Å². The number of rotatable bonds is 4. The number of hydrogen-bond acceptors (Lipinski definition) is 2. The highest BCUT2D eigenvalue weighted by molar-refractivity contribution is 9.10. The Morgan fingerprint density at radius 2 is 1.95 bits per heavy atom. The van der Waals surface area contributed by atoms with Crippen molar-refractivity contribution in [2.75, 3.05) is 6.54 Å². The van der Waals surface area contributed by atoms with Crippen molar-refractivity contribution in [3.63, 3.8) is 0 Å². The van der Waals surface area contributed by atoms with Gasteiger partial charge in [-0.05, 0) is 35.4 Å². The van der Waals surface area contributed by atoms with Gasteiger partial charge in [0.25, 0.3) is 0 Å². The van der Waals surface area contributed by atoms with Crippen molar-refractivity contribution in [1.82, 2.24) is 0 Å². The Kier molecular flexibility index (Phi) is 5.16. The minimum Gasteiger partial charge on any atom is -0.388 e. The SMILES string of the molecule is NCC(c1ccccc1F)C(O)c1cc(Cl)cc(Br)c1. The maximum Gasteiger partial charge on any atom is 0.126 e. The van der Waals surface area contributed by atoms with Crippen molar-refractivity contribution in [2.24, 2.45) is 5.73 Å². The van der Waals surface area contributed by atoms with Crippen LogP contribution in [-0.4, -0.2) is 11.7 Å². The van der Waals surface area contributed by atoms with E-state index in [-0.39, 0.29) is 12.4 Å². The van der Waals surface area contributed by atoms with Gasteiger partial charge in [-0.25, -0.2) is 4.39 Å². The molecule has 5 heteroatoms. The van der Waals surface area contributed by atoms with Gasteiger partial charge in [0.15, 0.2) is 0 Å². The van der Waals surface area contributed by atoms with E-state index in [0.717, 1.165) is 4.47 Å². The fourth-order valence-corrected chi connectivity index (χ4v) is 3.07. The summed E-state index contributed by atoms with van der Waals surface area (Å²) in [5, 5.41) is 11.0. The van der Waals surface area contributed by atoms with Crippen LogP contribution in [0.4, 0.5) is 4.39 Å². The molecule has 0 spiro atoms. The Balaban J connectivity index is 2.39. The summed E-state index contributed by atoms with van der Waals surface area (Å²) in [5.41, 5.74) is 6.72. The molecular weight excluding hydrogens is 345 g/mol. The van der Waals surface area contributed by atoms with E-state index >= 15 is 0 Å². The van der Waals surface area contributed by atoms with Crippen LogP contribution in [0.2, 0.25) is 5.02 Å². The van der Waals surface area contributed by atoms with E-state index in [9.17, 15) is 9.50 Å². The second kappa shape index (κ2) is 6.68. The van der Waals surface area contributed by atoms with Crippen LogP contribution in [0.1, 0.15) is 23.1 Å². The molecule has 20 heavy (non-hydrogen) atoms. The van der Waals surface area contributed by atoms with Gasteiger partial charge >= 0.3 is 0 Å². The number of hydrogen-bond donors (Lipinski definition) is 2. The summed E-state index contributed by atoms with van der Waals surface area (Å²) >= 11 is 9.30. The molecule has 0 aliphatic heterocycles. The van der Waals surface area contributed by atoms with Gasteiger partial charge in [-0.3, -0.25) is 0 Å². The second-order valence-electron chi connectivity index (χ2n) is 4.51. The third kappa shape index (κ3) is 3.38. The molecule has 0 saturated carbocycles. The minimum atomic E-state index is -0.924. The molecule has 0 heterocycles. The number of aliphatic hydroxyl groups excluding tert-OH is 1. The van der Waals surface area contributed by atoms with Crippen LogP contribution < -0.4 is 5.73 Å². The van der Waals surface area contributed by atoms with Crippen molar-refractivity contribution in [3.05, 3.63) is 68.9 Å². The molecule has 2 aromatic rings. The van der Waals surface area contributed by atoms with Crippen LogP contribution in [-0.2, 0) is 0 Å². The van der Waals surface area contributed by atoms with Gasteiger partial charge in [-0.1, -0.05) is 45.7 Å². The van der Waals surface area contributed by atoms with Crippen LogP contribution in [0.5, 0.6) is 0 Å². The Labute approximate surface area is 130 Å². The lowest BCUT2D eigenvalue weighted by Crippen LogP contribution is -2.21. The number of nitrogens with two attached hydrogens (primary N) is 1. The standard InChI is InChI=1S/C15H14BrClFNO/c16-10-5-9(6-11(17)7-10)15(20)13(8-19)12-3-1-2-4-14(12)18/h1-7,13,15,20H,8,19H2. The summed E-state index contributed by atoms with van der Waals surface area (Å²) in [6.45, 7) is 0.131. The molecule has 0 amide bonds. The maximum absolute atomic E-state index is 13.9. The molecule has 2 unspecified atom stereocenters. The minimum absolute atomic E-state index is 0.131. The van der Waals surface area contributed by atoms with Crippen molar-refractivity contribution < 1.29 is 9.50 Å². The molecule has 0 bridgehead atoms. The van der Waals surface area contributed by atoms with E-state index in [2.05, 4.69) is 15.9 Å². The van der Waals surface area contributed by atoms with Crippen molar-refractivity contribution in [3.8, 4) is 0 Å². The first-order valence-corrected chi connectivity index (χ1v) is 7.28. The van der Waals surface area contributed by atoms with Gasteiger partial charge in [0.2, 0.25) is 0 Å². The summed E-state index contributed by atoms with van der Waals surface area (Å²) in [6, 6.07) is 11.4. The molecular formula is C15H14BrClFNO. The first-order chi connectivity index (χ1) is 9.52. The smallest absolute Gasteiger partial charge is 0.126 e.